The molecule has 0 saturated carbocycles. The van der Waals surface area contributed by atoms with Crippen molar-refractivity contribution >= 4 is 66.8 Å². The summed E-state index contributed by atoms with van der Waals surface area (Å²) in [5, 5.41) is 4.43. The Kier molecular flexibility index (Phi) is 9.18. The third kappa shape index (κ3) is 6.78. The lowest BCUT2D eigenvalue weighted by atomic mass is 9.94. The molecular formula is C58H40N2O. The van der Waals surface area contributed by atoms with E-state index in [1.165, 1.54) is 22.1 Å². The van der Waals surface area contributed by atoms with Gasteiger partial charge in [-0.3, -0.25) is 0 Å². The topological polar surface area (TPSA) is 19.6 Å². The molecule has 0 bridgehead atoms. The Bertz CT molecular complexity index is 3300. The van der Waals surface area contributed by atoms with Crippen LogP contribution < -0.4 is 9.80 Å². The molecule has 0 atom stereocenters. The van der Waals surface area contributed by atoms with Crippen molar-refractivity contribution in [2.45, 2.75) is 0 Å². The van der Waals surface area contributed by atoms with E-state index >= 15 is 0 Å². The normalized spacial score (nSPS) is 11.3. The van der Waals surface area contributed by atoms with Gasteiger partial charge >= 0.3 is 0 Å². The van der Waals surface area contributed by atoms with E-state index in [-0.39, 0.29) is 0 Å². The average Bonchev–Trinajstić information content (AvgIpc) is 3.70. The van der Waals surface area contributed by atoms with E-state index in [1.54, 1.807) is 0 Å². The standard InChI is InChI=1S/C58H40N2O/c1-5-19-41(20-6-1)43-25-17-32-50(35-43)60(48-29-11-4-12-30-48)56-40-51(39-55-54-37-44-23-13-14-24-45(44)38-57(54)61-58(55)56)59(47-27-9-3-10-28-47)49-31-18-26-46(36-49)53-34-16-15-33-52(53)42-21-7-2-8-22-42/h1-40H. The first-order valence-corrected chi connectivity index (χ1v) is 20.7. The van der Waals surface area contributed by atoms with Crippen molar-refractivity contribution in [3.8, 4) is 33.4 Å². The molecule has 1 heterocycles. The van der Waals surface area contributed by atoms with Crippen LogP contribution in [0.25, 0.3) is 66.1 Å². The second kappa shape index (κ2) is 15.6. The van der Waals surface area contributed by atoms with Crippen molar-refractivity contribution < 1.29 is 4.42 Å². The molecule has 3 heteroatoms. The van der Waals surface area contributed by atoms with Crippen LogP contribution in [-0.4, -0.2) is 0 Å². The maximum atomic E-state index is 7.05. The minimum absolute atomic E-state index is 0.821. The molecule has 0 N–H and O–H groups in total. The zero-order valence-electron chi connectivity index (χ0n) is 33.4. The average molecular weight is 781 g/mol. The van der Waals surface area contributed by atoms with E-state index in [0.29, 0.717) is 0 Å². The SMILES string of the molecule is c1ccc(-c2cccc(N(c3ccccc3)c3cc(N(c4ccccc4)c4cccc(-c5ccccc5-c5ccccc5)c4)cc4c3oc3cc5ccccc5cc34)c2)cc1. The third-order valence-corrected chi connectivity index (χ3v) is 11.6. The molecule has 1 aromatic heterocycles. The summed E-state index contributed by atoms with van der Waals surface area (Å²) in [4.78, 5) is 4.72. The first-order chi connectivity index (χ1) is 30.2. The van der Waals surface area contributed by atoms with Crippen LogP contribution in [0.15, 0.2) is 247 Å². The van der Waals surface area contributed by atoms with E-state index in [9.17, 15) is 0 Å². The molecular weight excluding hydrogens is 741 g/mol. The minimum Gasteiger partial charge on any atom is -0.454 e. The molecule has 0 radical (unpaired) electrons. The van der Waals surface area contributed by atoms with Crippen molar-refractivity contribution in [3.05, 3.63) is 243 Å². The van der Waals surface area contributed by atoms with Crippen LogP contribution in [0.3, 0.4) is 0 Å². The van der Waals surface area contributed by atoms with E-state index < -0.39 is 0 Å². The lowest BCUT2D eigenvalue weighted by Gasteiger charge is -2.30. The van der Waals surface area contributed by atoms with Crippen LogP contribution in [0.5, 0.6) is 0 Å². The Balaban J connectivity index is 1.18. The number of para-hydroxylation sites is 2. The molecule has 11 aromatic rings. The molecule has 0 amide bonds. The number of benzene rings is 10. The number of anilines is 6. The number of hydrogen-bond acceptors (Lipinski definition) is 3. The fraction of sp³-hybridized carbons (Fsp3) is 0. The number of fused-ring (bicyclic) bond motifs is 4. The number of hydrogen-bond donors (Lipinski definition) is 0. The van der Waals surface area contributed by atoms with E-state index in [0.717, 1.165) is 78.1 Å². The van der Waals surface area contributed by atoms with Gasteiger partial charge in [0.05, 0.1) is 5.69 Å². The van der Waals surface area contributed by atoms with E-state index in [4.69, 9.17) is 4.42 Å². The Morgan fingerprint density at radius 3 is 1.43 bits per heavy atom. The summed E-state index contributed by atoms with van der Waals surface area (Å²) in [6.07, 6.45) is 0. The molecule has 0 aliphatic carbocycles. The van der Waals surface area contributed by atoms with Crippen LogP contribution in [-0.2, 0) is 0 Å². The largest absolute Gasteiger partial charge is 0.454 e. The van der Waals surface area contributed by atoms with Gasteiger partial charge in [0.25, 0.3) is 0 Å². The van der Waals surface area contributed by atoms with E-state index in [1.807, 2.05) is 0 Å². The molecule has 288 valence electrons. The highest BCUT2D eigenvalue weighted by Gasteiger charge is 2.24. The summed E-state index contributed by atoms with van der Waals surface area (Å²) in [7, 11) is 0. The predicted octanol–water partition coefficient (Wildman–Crippen LogP) is 16.7. The number of furan rings is 1. The Morgan fingerprint density at radius 2 is 0.754 bits per heavy atom. The fourth-order valence-electron chi connectivity index (χ4n) is 8.73. The van der Waals surface area contributed by atoms with Gasteiger partial charge < -0.3 is 14.2 Å². The Hall–Kier alpha value is -8.14. The number of rotatable bonds is 9. The van der Waals surface area contributed by atoms with E-state index in [2.05, 4.69) is 252 Å². The smallest absolute Gasteiger partial charge is 0.159 e. The van der Waals surface area contributed by atoms with Crippen molar-refractivity contribution in [2.24, 2.45) is 0 Å². The van der Waals surface area contributed by atoms with Gasteiger partial charge in [0.15, 0.2) is 5.58 Å². The summed E-state index contributed by atoms with van der Waals surface area (Å²) in [6.45, 7) is 0. The molecule has 0 aliphatic heterocycles. The fourth-order valence-corrected chi connectivity index (χ4v) is 8.73. The van der Waals surface area contributed by atoms with Gasteiger partial charge in [-0.15, -0.1) is 0 Å². The highest BCUT2D eigenvalue weighted by atomic mass is 16.3. The third-order valence-electron chi connectivity index (χ3n) is 11.6. The summed E-state index contributed by atoms with van der Waals surface area (Å²) in [5.74, 6) is 0. The van der Waals surface area contributed by atoms with Gasteiger partial charge in [0, 0.05) is 39.2 Å². The molecule has 3 nitrogen and oxygen atoms in total. The summed E-state index contributed by atoms with van der Waals surface area (Å²) < 4.78 is 7.05. The first kappa shape index (κ1) is 36.0. The van der Waals surface area contributed by atoms with Crippen molar-refractivity contribution in [1.29, 1.82) is 0 Å². The molecule has 0 saturated heterocycles. The summed E-state index contributed by atoms with van der Waals surface area (Å²) in [5.41, 5.74) is 14.8. The van der Waals surface area contributed by atoms with Gasteiger partial charge in [-0.05, 0) is 117 Å². The molecule has 11 rings (SSSR count). The van der Waals surface area contributed by atoms with Crippen molar-refractivity contribution in [1.82, 2.24) is 0 Å². The molecule has 61 heavy (non-hydrogen) atoms. The van der Waals surface area contributed by atoms with Crippen LogP contribution in [0.4, 0.5) is 34.1 Å². The second-order valence-corrected chi connectivity index (χ2v) is 15.4. The zero-order chi connectivity index (χ0) is 40.5. The molecule has 0 aliphatic rings. The molecule has 0 fully saturated rings. The predicted molar refractivity (Wildman–Crippen MR) is 257 cm³/mol. The monoisotopic (exact) mass is 780 g/mol. The molecule has 0 unspecified atom stereocenters. The maximum Gasteiger partial charge on any atom is 0.159 e. The van der Waals surface area contributed by atoms with Crippen LogP contribution in [0.1, 0.15) is 0 Å². The van der Waals surface area contributed by atoms with Crippen LogP contribution in [0, 0.1) is 0 Å². The van der Waals surface area contributed by atoms with Crippen molar-refractivity contribution in [2.75, 3.05) is 9.80 Å². The number of nitrogens with zero attached hydrogens (tertiary/aromatic N) is 2. The Labute approximate surface area is 355 Å². The summed E-state index contributed by atoms with van der Waals surface area (Å²) in [6, 6.07) is 86.5. The van der Waals surface area contributed by atoms with Crippen LogP contribution in [0.2, 0.25) is 0 Å². The van der Waals surface area contributed by atoms with Crippen LogP contribution >= 0.6 is 0 Å². The molecule has 0 spiro atoms. The lowest BCUT2D eigenvalue weighted by molar-refractivity contribution is 0.669. The van der Waals surface area contributed by atoms with Gasteiger partial charge in [-0.2, -0.15) is 0 Å². The highest BCUT2D eigenvalue weighted by molar-refractivity contribution is 6.15. The quantitative estimate of drug-likeness (QED) is 0.145. The van der Waals surface area contributed by atoms with Gasteiger partial charge in [-0.25, -0.2) is 0 Å². The summed E-state index contributed by atoms with van der Waals surface area (Å²) >= 11 is 0. The lowest BCUT2D eigenvalue weighted by Crippen LogP contribution is -2.13. The highest BCUT2D eigenvalue weighted by Crippen LogP contribution is 2.48. The minimum atomic E-state index is 0.821. The second-order valence-electron chi connectivity index (χ2n) is 15.4. The Morgan fingerprint density at radius 1 is 0.279 bits per heavy atom. The molecule has 10 aromatic carbocycles. The maximum absolute atomic E-state index is 7.05. The van der Waals surface area contributed by atoms with Crippen molar-refractivity contribution in [3.63, 3.8) is 0 Å². The zero-order valence-corrected chi connectivity index (χ0v) is 33.4. The van der Waals surface area contributed by atoms with Gasteiger partial charge in [0.1, 0.15) is 5.58 Å². The van der Waals surface area contributed by atoms with Gasteiger partial charge in [-0.1, -0.05) is 170 Å². The van der Waals surface area contributed by atoms with Gasteiger partial charge in [0.2, 0.25) is 0 Å². The first-order valence-electron chi connectivity index (χ1n) is 20.7.